The van der Waals surface area contributed by atoms with Gasteiger partial charge in [-0.05, 0) is 19.8 Å². The number of nitrogens with one attached hydrogen (secondary N) is 1. The third-order valence-electron chi connectivity index (χ3n) is 4.29. The lowest BCUT2D eigenvalue weighted by Crippen LogP contribution is -2.52. The fourth-order valence-corrected chi connectivity index (χ4v) is 2.60. The van der Waals surface area contributed by atoms with E-state index in [0.29, 0.717) is 0 Å². The molecule has 1 saturated heterocycles. The number of nitrogens with zero attached hydrogens (tertiary/aromatic N) is 1. The Hall–Kier alpha value is -1.11. The van der Waals surface area contributed by atoms with Crippen molar-refractivity contribution < 1.29 is 18.0 Å². The summed E-state index contributed by atoms with van der Waals surface area (Å²) in [5.74, 6) is -0.330. The normalized spacial score (nSPS) is 22.7. The SMILES string of the molecule is CCC(C)C1NC(=O)CCN(CC(C)(C)S(C)(=O)=O)C1=O. The van der Waals surface area contributed by atoms with Crippen molar-refractivity contribution in [1.82, 2.24) is 10.2 Å². The molecule has 1 fully saturated rings. The van der Waals surface area contributed by atoms with Gasteiger partial charge in [-0.15, -0.1) is 0 Å². The molecule has 1 heterocycles. The quantitative estimate of drug-likeness (QED) is 0.803. The van der Waals surface area contributed by atoms with Crippen molar-refractivity contribution in [2.24, 2.45) is 5.92 Å². The molecule has 0 aromatic carbocycles. The van der Waals surface area contributed by atoms with Gasteiger partial charge in [-0.3, -0.25) is 9.59 Å². The molecule has 1 N–H and O–H groups in total. The lowest BCUT2D eigenvalue weighted by molar-refractivity contribution is -0.135. The molecular weight excluding hydrogens is 292 g/mol. The highest BCUT2D eigenvalue weighted by Gasteiger charge is 2.38. The Bertz CT molecular complexity index is 513. The van der Waals surface area contributed by atoms with Gasteiger partial charge in [0.1, 0.15) is 6.04 Å². The minimum Gasteiger partial charge on any atom is -0.344 e. The Labute approximate surface area is 127 Å². The van der Waals surface area contributed by atoms with E-state index in [-0.39, 0.29) is 37.2 Å². The second-order valence-corrected chi connectivity index (χ2v) is 9.12. The number of hydrogen-bond donors (Lipinski definition) is 1. The molecule has 0 spiro atoms. The van der Waals surface area contributed by atoms with Crippen molar-refractivity contribution in [3.8, 4) is 0 Å². The van der Waals surface area contributed by atoms with E-state index in [9.17, 15) is 18.0 Å². The zero-order chi connectivity index (χ0) is 16.4. The smallest absolute Gasteiger partial charge is 0.245 e. The molecule has 1 rings (SSSR count). The average molecular weight is 318 g/mol. The van der Waals surface area contributed by atoms with Crippen molar-refractivity contribution in [3.05, 3.63) is 0 Å². The van der Waals surface area contributed by atoms with Crippen molar-refractivity contribution in [3.63, 3.8) is 0 Å². The van der Waals surface area contributed by atoms with Gasteiger partial charge in [-0.25, -0.2) is 8.42 Å². The largest absolute Gasteiger partial charge is 0.344 e. The molecule has 1 aliphatic heterocycles. The van der Waals surface area contributed by atoms with Crippen LogP contribution in [0.15, 0.2) is 0 Å². The summed E-state index contributed by atoms with van der Waals surface area (Å²) < 4.78 is 22.6. The van der Waals surface area contributed by atoms with Crippen LogP contribution in [0.25, 0.3) is 0 Å². The minimum atomic E-state index is -3.29. The van der Waals surface area contributed by atoms with Gasteiger partial charge in [-0.1, -0.05) is 20.3 Å². The number of carbonyl (C=O) groups is 2. The van der Waals surface area contributed by atoms with Crippen LogP contribution in [0.5, 0.6) is 0 Å². The van der Waals surface area contributed by atoms with Crippen LogP contribution in [0.4, 0.5) is 0 Å². The number of amides is 2. The maximum Gasteiger partial charge on any atom is 0.245 e. The molecule has 0 aromatic rings. The maximum absolute atomic E-state index is 12.6. The van der Waals surface area contributed by atoms with Gasteiger partial charge in [0.2, 0.25) is 11.8 Å². The number of carbonyl (C=O) groups excluding carboxylic acids is 2. The second kappa shape index (κ2) is 6.34. The van der Waals surface area contributed by atoms with Crippen LogP contribution in [0, 0.1) is 5.92 Å². The van der Waals surface area contributed by atoms with Crippen LogP contribution in [0.2, 0.25) is 0 Å². The third kappa shape index (κ3) is 4.18. The topological polar surface area (TPSA) is 83.6 Å². The molecule has 6 nitrogen and oxygen atoms in total. The first kappa shape index (κ1) is 17.9. The third-order valence-corrected chi connectivity index (χ3v) is 6.43. The van der Waals surface area contributed by atoms with Crippen molar-refractivity contribution >= 4 is 21.7 Å². The van der Waals surface area contributed by atoms with E-state index in [1.54, 1.807) is 13.8 Å². The van der Waals surface area contributed by atoms with Crippen LogP contribution in [-0.2, 0) is 19.4 Å². The number of sulfone groups is 1. The van der Waals surface area contributed by atoms with Gasteiger partial charge < -0.3 is 10.2 Å². The van der Waals surface area contributed by atoms with Crippen molar-refractivity contribution in [2.45, 2.75) is 51.3 Å². The number of hydrogen-bond acceptors (Lipinski definition) is 4. The van der Waals surface area contributed by atoms with E-state index in [2.05, 4.69) is 5.32 Å². The number of rotatable bonds is 5. The lowest BCUT2D eigenvalue weighted by atomic mass is 9.98. The minimum absolute atomic E-state index is 0.0170. The van der Waals surface area contributed by atoms with Crippen LogP contribution in [-0.4, -0.2) is 55.3 Å². The fourth-order valence-electron chi connectivity index (χ4n) is 2.21. The molecule has 0 bridgehead atoms. The summed E-state index contributed by atoms with van der Waals surface area (Å²) in [5.41, 5.74) is 0. The molecule has 0 aliphatic carbocycles. The van der Waals surface area contributed by atoms with Crippen molar-refractivity contribution in [1.29, 1.82) is 0 Å². The van der Waals surface area contributed by atoms with E-state index >= 15 is 0 Å². The van der Waals surface area contributed by atoms with E-state index in [0.717, 1.165) is 6.42 Å². The monoisotopic (exact) mass is 318 g/mol. The molecule has 2 amide bonds. The van der Waals surface area contributed by atoms with Gasteiger partial charge in [0, 0.05) is 25.8 Å². The second-order valence-electron chi connectivity index (χ2n) is 6.47. The zero-order valence-corrected chi connectivity index (χ0v) is 14.3. The molecule has 0 saturated carbocycles. The summed E-state index contributed by atoms with van der Waals surface area (Å²) >= 11 is 0. The molecule has 0 aromatic heterocycles. The Morgan fingerprint density at radius 1 is 1.38 bits per heavy atom. The summed E-state index contributed by atoms with van der Waals surface area (Å²) in [5, 5.41) is 2.75. The standard InChI is InChI=1S/C14H26N2O4S/c1-6-10(2)12-13(18)16(8-7-11(17)15-12)9-14(3,4)21(5,19)20/h10,12H,6-9H2,1-5H3,(H,15,17). The first-order valence-corrected chi connectivity index (χ1v) is 9.16. The predicted octanol–water partition coefficient (Wildman–Crippen LogP) is 0.573. The molecule has 1 aliphatic rings. The van der Waals surface area contributed by atoms with Crippen LogP contribution >= 0.6 is 0 Å². The molecule has 21 heavy (non-hydrogen) atoms. The molecule has 2 unspecified atom stereocenters. The maximum atomic E-state index is 12.6. The summed E-state index contributed by atoms with van der Waals surface area (Å²) in [6, 6.07) is -0.569. The van der Waals surface area contributed by atoms with Gasteiger partial charge in [0.05, 0.1) is 4.75 Å². The molecular formula is C14H26N2O4S. The van der Waals surface area contributed by atoms with Crippen LogP contribution in [0.3, 0.4) is 0 Å². The Morgan fingerprint density at radius 2 is 1.95 bits per heavy atom. The van der Waals surface area contributed by atoms with E-state index in [4.69, 9.17) is 0 Å². The Morgan fingerprint density at radius 3 is 2.43 bits per heavy atom. The summed E-state index contributed by atoms with van der Waals surface area (Å²) in [6.45, 7) is 7.44. The molecule has 7 heteroatoms. The Balaban J connectivity index is 3.01. The first-order chi connectivity index (χ1) is 9.49. The van der Waals surface area contributed by atoms with Gasteiger partial charge in [0.25, 0.3) is 0 Å². The molecule has 0 radical (unpaired) electrons. The van der Waals surface area contributed by atoms with E-state index in [1.165, 1.54) is 11.2 Å². The predicted molar refractivity (Wildman–Crippen MR) is 81.5 cm³/mol. The van der Waals surface area contributed by atoms with Gasteiger partial charge in [-0.2, -0.15) is 0 Å². The lowest BCUT2D eigenvalue weighted by Gasteiger charge is -2.33. The highest BCUT2D eigenvalue weighted by Crippen LogP contribution is 2.21. The fraction of sp³-hybridized carbons (Fsp3) is 0.857. The summed E-state index contributed by atoms with van der Waals surface area (Å²) in [6.07, 6.45) is 2.14. The summed E-state index contributed by atoms with van der Waals surface area (Å²) in [4.78, 5) is 25.9. The van der Waals surface area contributed by atoms with Crippen LogP contribution < -0.4 is 5.32 Å². The first-order valence-electron chi connectivity index (χ1n) is 7.27. The molecule has 2 atom stereocenters. The average Bonchev–Trinajstić information content (AvgIpc) is 2.49. The van der Waals surface area contributed by atoms with E-state index < -0.39 is 20.6 Å². The summed E-state index contributed by atoms with van der Waals surface area (Å²) in [7, 11) is -3.29. The van der Waals surface area contributed by atoms with Gasteiger partial charge >= 0.3 is 0 Å². The highest BCUT2D eigenvalue weighted by atomic mass is 32.2. The highest BCUT2D eigenvalue weighted by molar-refractivity contribution is 7.92. The van der Waals surface area contributed by atoms with Gasteiger partial charge in [0.15, 0.2) is 9.84 Å². The van der Waals surface area contributed by atoms with Crippen molar-refractivity contribution in [2.75, 3.05) is 19.3 Å². The van der Waals surface area contributed by atoms with Crippen LogP contribution in [0.1, 0.15) is 40.5 Å². The zero-order valence-electron chi connectivity index (χ0n) is 13.5. The molecule has 122 valence electrons. The Kier molecular flexibility index (Phi) is 5.41. The van der Waals surface area contributed by atoms with E-state index in [1.807, 2.05) is 13.8 Å².